The Labute approximate surface area is 151 Å². The monoisotopic (exact) mass is 346 g/mol. The van der Waals surface area contributed by atoms with Gasteiger partial charge in [0.1, 0.15) is 5.75 Å². The molecule has 130 valence electrons. The highest BCUT2D eigenvalue weighted by Gasteiger charge is 2.05. The zero-order chi connectivity index (χ0) is 18.4. The lowest BCUT2D eigenvalue weighted by atomic mass is 10.0. The molecule has 0 heterocycles. The van der Waals surface area contributed by atoms with Crippen LogP contribution in [0.4, 0.5) is 0 Å². The van der Waals surface area contributed by atoms with Crippen LogP contribution < -0.4 is 4.74 Å². The second-order valence-corrected chi connectivity index (χ2v) is 5.66. The van der Waals surface area contributed by atoms with Crippen LogP contribution in [0.25, 0.3) is 16.8 Å². The topological polar surface area (TPSA) is 52.6 Å². The van der Waals surface area contributed by atoms with Gasteiger partial charge in [-0.3, -0.25) is 4.79 Å². The van der Waals surface area contributed by atoms with Crippen molar-refractivity contribution in [3.05, 3.63) is 83.9 Å². The highest BCUT2D eigenvalue weighted by Crippen LogP contribution is 2.20. The Morgan fingerprint density at radius 3 is 2.42 bits per heavy atom. The summed E-state index contributed by atoms with van der Waals surface area (Å²) in [5, 5.41) is 2.24. The summed E-state index contributed by atoms with van der Waals surface area (Å²) in [5.74, 6) is -0.0504. The number of allylic oxidation sites excluding steroid dienone is 1. The number of esters is 1. The number of hydrogen-bond acceptors (Lipinski definition) is 4. The molecular weight excluding hydrogens is 328 g/mol. The van der Waals surface area contributed by atoms with E-state index in [9.17, 15) is 9.59 Å². The maximum absolute atomic E-state index is 12.4. The van der Waals surface area contributed by atoms with Gasteiger partial charge in [-0.2, -0.15) is 0 Å². The first-order chi connectivity index (χ1) is 12.7. The minimum atomic E-state index is -0.455. The molecule has 0 aromatic heterocycles. The van der Waals surface area contributed by atoms with E-state index in [1.807, 2.05) is 48.5 Å². The molecule has 26 heavy (non-hydrogen) atoms. The SMILES string of the molecule is COC(=O)COc1ccc(C(=O)C=Cc2cccc3ccccc23)cc1. The quantitative estimate of drug-likeness (QED) is 0.380. The number of carbonyl (C=O) groups is 2. The van der Waals surface area contributed by atoms with E-state index in [-0.39, 0.29) is 12.4 Å². The fourth-order valence-electron chi connectivity index (χ4n) is 2.57. The number of benzene rings is 3. The standard InChI is InChI=1S/C22H18O4/c1-25-22(24)15-26-19-12-9-18(10-13-19)21(23)14-11-17-7-4-6-16-5-2-3-8-20(16)17/h2-14H,15H2,1H3. The average molecular weight is 346 g/mol. The molecule has 3 aromatic carbocycles. The molecule has 0 amide bonds. The molecule has 0 aliphatic carbocycles. The van der Waals surface area contributed by atoms with Gasteiger partial charge in [-0.15, -0.1) is 0 Å². The maximum Gasteiger partial charge on any atom is 0.343 e. The van der Waals surface area contributed by atoms with E-state index in [1.165, 1.54) is 7.11 Å². The number of ketones is 1. The smallest absolute Gasteiger partial charge is 0.343 e. The lowest BCUT2D eigenvalue weighted by molar-refractivity contribution is -0.142. The molecule has 0 atom stereocenters. The van der Waals surface area contributed by atoms with Crippen LogP contribution in [-0.4, -0.2) is 25.5 Å². The Hall–Kier alpha value is -3.40. The summed E-state index contributed by atoms with van der Waals surface area (Å²) < 4.78 is 9.78. The van der Waals surface area contributed by atoms with Crippen LogP contribution >= 0.6 is 0 Å². The summed E-state index contributed by atoms with van der Waals surface area (Å²) in [4.78, 5) is 23.4. The minimum absolute atomic E-state index is 0.0996. The molecule has 0 spiro atoms. The normalized spacial score (nSPS) is 10.8. The highest BCUT2D eigenvalue weighted by atomic mass is 16.6. The minimum Gasteiger partial charge on any atom is -0.482 e. The Bertz CT molecular complexity index is 950. The number of hydrogen-bond donors (Lipinski definition) is 0. The van der Waals surface area contributed by atoms with Crippen molar-refractivity contribution >= 4 is 28.6 Å². The number of fused-ring (bicyclic) bond motifs is 1. The molecule has 0 bridgehead atoms. The van der Waals surface area contributed by atoms with Gasteiger partial charge in [0.2, 0.25) is 0 Å². The molecular formula is C22H18O4. The summed E-state index contributed by atoms with van der Waals surface area (Å²) in [6.07, 6.45) is 3.39. The first-order valence-corrected chi connectivity index (χ1v) is 8.17. The largest absolute Gasteiger partial charge is 0.482 e. The first-order valence-electron chi connectivity index (χ1n) is 8.17. The Kier molecular flexibility index (Phi) is 5.44. The number of rotatable bonds is 6. The van der Waals surface area contributed by atoms with Crippen molar-refractivity contribution in [1.82, 2.24) is 0 Å². The lowest BCUT2D eigenvalue weighted by Gasteiger charge is -2.05. The van der Waals surface area contributed by atoms with Crippen molar-refractivity contribution in [2.24, 2.45) is 0 Å². The molecule has 0 aliphatic rings. The van der Waals surface area contributed by atoms with Gasteiger partial charge in [0.05, 0.1) is 7.11 Å². The van der Waals surface area contributed by atoms with E-state index >= 15 is 0 Å². The summed E-state index contributed by atoms with van der Waals surface area (Å²) in [6.45, 7) is -0.162. The van der Waals surface area contributed by atoms with E-state index < -0.39 is 5.97 Å². The van der Waals surface area contributed by atoms with Crippen LogP contribution in [0, 0.1) is 0 Å². The number of ether oxygens (including phenoxy) is 2. The highest BCUT2D eigenvalue weighted by molar-refractivity contribution is 6.07. The predicted molar refractivity (Wildman–Crippen MR) is 101 cm³/mol. The third kappa shape index (κ3) is 4.16. The Balaban J connectivity index is 1.71. The van der Waals surface area contributed by atoms with E-state index in [0.717, 1.165) is 16.3 Å². The molecule has 0 aliphatic heterocycles. The van der Waals surface area contributed by atoms with Crippen molar-refractivity contribution in [3.63, 3.8) is 0 Å². The van der Waals surface area contributed by atoms with Gasteiger partial charge in [-0.25, -0.2) is 4.79 Å². The molecule has 0 saturated carbocycles. The fraction of sp³-hybridized carbons (Fsp3) is 0.0909. The summed E-state index contributed by atoms with van der Waals surface area (Å²) in [6, 6.07) is 20.7. The van der Waals surface area contributed by atoms with Crippen LogP contribution in [0.3, 0.4) is 0 Å². The van der Waals surface area contributed by atoms with Crippen molar-refractivity contribution in [2.75, 3.05) is 13.7 Å². The van der Waals surface area contributed by atoms with E-state index in [1.54, 1.807) is 30.3 Å². The predicted octanol–water partition coefficient (Wildman–Crippen LogP) is 4.29. The van der Waals surface area contributed by atoms with Gasteiger partial charge >= 0.3 is 5.97 Å². The van der Waals surface area contributed by atoms with Crippen LogP contribution in [0.15, 0.2) is 72.8 Å². The third-order valence-corrected chi connectivity index (χ3v) is 3.96. The van der Waals surface area contributed by atoms with Crippen molar-refractivity contribution in [2.45, 2.75) is 0 Å². The van der Waals surface area contributed by atoms with Crippen LogP contribution in [-0.2, 0) is 9.53 Å². The first kappa shape index (κ1) is 17.4. The van der Waals surface area contributed by atoms with Gasteiger partial charge < -0.3 is 9.47 Å². The summed E-state index contributed by atoms with van der Waals surface area (Å²) in [5.41, 5.74) is 1.54. The molecule has 0 radical (unpaired) electrons. The van der Waals surface area contributed by atoms with Gasteiger partial charge in [-0.05, 0) is 46.7 Å². The van der Waals surface area contributed by atoms with Crippen molar-refractivity contribution in [1.29, 1.82) is 0 Å². The zero-order valence-corrected chi connectivity index (χ0v) is 14.3. The van der Waals surface area contributed by atoms with Gasteiger partial charge in [0.15, 0.2) is 12.4 Å². The summed E-state index contributed by atoms with van der Waals surface area (Å²) >= 11 is 0. The summed E-state index contributed by atoms with van der Waals surface area (Å²) in [7, 11) is 1.30. The van der Waals surface area contributed by atoms with E-state index in [0.29, 0.717) is 11.3 Å². The third-order valence-electron chi connectivity index (χ3n) is 3.96. The Morgan fingerprint density at radius 2 is 1.65 bits per heavy atom. The molecule has 0 fully saturated rings. The second-order valence-electron chi connectivity index (χ2n) is 5.66. The van der Waals surface area contributed by atoms with E-state index in [4.69, 9.17) is 4.74 Å². The Morgan fingerprint density at radius 1 is 0.923 bits per heavy atom. The zero-order valence-electron chi connectivity index (χ0n) is 14.3. The van der Waals surface area contributed by atoms with Crippen molar-refractivity contribution < 1.29 is 19.1 Å². The molecule has 3 rings (SSSR count). The molecule has 0 unspecified atom stereocenters. The van der Waals surface area contributed by atoms with Crippen LogP contribution in [0.5, 0.6) is 5.75 Å². The lowest BCUT2D eigenvalue weighted by Crippen LogP contribution is -2.12. The molecule has 3 aromatic rings. The maximum atomic E-state index is 12.4. The van der Waals surface area contributed by atoms with Crippen LogP contribution in [0.2, 0.25) is 0 Å². The number of methoxy groups -OCH3 is 1. The van der Waals surface area contributed by atoms with Crippen molar-refractivity contribution in [3.8, 4) is 5.75 Å². The molecule has 0 N–H and O–H groups in total. The van der Waals surface area contributed by atoms with Gasteiger partial charge in [-0.1, -0.05) is 48.5 Å². The fourth-order valence-corrected chi connectivity index (χ4v) is 2.57. The van der Waals surface area contributed by atoms with Gasteiger partial charge in [0.25, 0.3) is 0 Å². The molecule has 4 nitrogen and oxygen atoms in total. The van der Waals surface area contributed by atoms with E-state index in [2.05, 4.69) is 4.74 Å². The van der Waals surface area contributed by atoms with Crippen LogP contribution in [0.1, 0.15) is 15.9 Å². The molecule has 0 saturated heterocycles. The van der Waals surface area contributed by atoms with Gasteiger partial charge in [0, 0.05) is 5.56 Å². The second kappa shape index (κ2) is 8.12. The number of carbonyl (C=O) groups excluding carboxylic acids is 2. The average Bonchev–Trinajstić information content (AvgIpc) is 2.70. The molecule has 4 heteroatoms.